The maximum Gasteiger partial charge on any atom is 0.0547 e. The third-order valence-corrected chi connectivity index (χ3v) is 13.7. The first-order valence-corrected chi connectivity index (χ1v) is 20.3. The van der Waals surface area contributed by atoms with Crippen LogP contribution in [0.25, 0.3) is 82.4 Å². The van der Waals surface area contributed by atoms with Crippen molar-refractivity contribution in [1.29, 1.82) is 0 Å². The Labute approximate surface area is 323 Å². The van der Waals surface area contributed by atoms with Crippen molar-refractivity contribution < 1.29 is 0 Å². The van der Waals surface area contributed by atoms with Crippen LogP contribution in [0.15, 0.2) is 164 Å². The van der Waals surface area contributed by atoms with E-state index in [0.29, 0.717) is 11.8 Å². The maximum atomic E-state index is 2.63. The van der Waals surface area contributed by atoms with Gasteiger partial charge in [-0.3, -0.25) is 0 Å². The van der Waals surface area contributed by atoms with Crippen molar-refractivity contribution in [2.45, 2.75) is 45.4 Å². The summed E-state index contributed by atoms with van der Waals surface area (Å²) in [4.78, 5) is 0. The van der Waals surface area contributed by atoms with Crippen LogP contribution in [-0.4, -0.2) is 4.57 Å². The van der Waals surface area contributed by atoms with Crippen LogP contribution in [0.1, 0.15) is 51.2 Å². The second-order valence-corrected chi connectivity index (χ2v) is 16.5. The molecular weight excluding hydrogens is 663 g/mol. The number of hydrogen-bond donors (Lipinski definition) is 0. The van der Waals surface area contributed by atoms with Gasteiger partial charge in [0.2, 0.25) is 0 Å². The number of fused-ring (bicyclic) bond motifs is 10. The largest absolute Gasteiger partial charge is 0.309 e. The quantitative estimate of drug-likeness (QED) is 0.161. The summed E-state index contributed by atoms with van der Waals surface area (Å²) in [6.07, 6.45) is 3.75. The molecule has 1 nitrogen and oxygen atoms in total. The Kier molecular flexibility index (Phi) is 7.27. The average molecular weight is 708 g/mol. The Morgan fingerprint density at radius 3 is 1.73 bits per heavy atom. The summed E-state index contributed by atoms with van der Waals surface area (Å²) >= 11 is 0. The highest BCUT2D eigenvalue weighted by Gasteiger charge is 2.53. The lowest BCUT2D eigenvalue weighted by atomic mass is 9.53. The molecule has 1 heterocycles. The zero-order chi connectivity index (χ0) is 36.8. The molecule has 11 rings (SSSR count). The van der Waals surface area contributed by atoms with Crippen molar-refractivity contribution in [3.8, 4) is 39.1 Å². The second kappa shape index (κ2) is 12.3. The van der Waals surface area contributed by atoms with Gasteiger partial charge in [0.05, 0.1) is 11.0 Å². The second-order valence-electron chi connectivity index (χ2n) is 16.5. The molecule has 1 saturated carbocycles. The summed E-state index contributed by atoms with van der Waals surface area (Å²) in [5, 5.41) is 7.76. The first-order chi connectivity index (χ1) is 27.1. The van der Waals surface area contributed by atoms with Gasteiger partial charge in [-0.15, -0.1) is 0 Å². The molecule has 4 unspecified atom stereocenters. The Morgan fingerprint density at radius 2 is 1.04 bits per heavy atom. The predicted octanol–water partition coefficient (Wildman–Crippen LogP) is 14.8. The van der Waals surface area contributed by atoms with E-state index in [-0.39, 0.29) is 5.41 Å². The van der Waals surface area contributed by atoms with Crippen LogP contribution in [-0.2, 0) is 5.41 Å². The van der Waals surface area contributed by atoms with Crippen molar-refractivity contribution in [2.24, 2.45) is 17.8 Å². The highest BCUT2D eigenvalue weighted by Crippen LogP contribution is 2.62. The molecule has 1 aromatic heterocycles. The van der Waals surface area contributed by atoms with Gasteiger partial charge < -0.3 is 4.57 Å². The Balaban J connectivity index is 1.18. The summed E-state index contributed by atoms with van der Waals surface area (Å²) in [5.41, 5.74) is 14.9. The highest BCUT2D eigenvalue weighted by atomic mass is 15.0. The van der Waals surface area contributed by atoms with E-state index >= 15 is 0 Å². The normalized spacial score (nSPS) is 20.5. The molecule has 0 N–H and O–H groups in total. The van der Waals surface area contributed by atoms with Crippen LogP contribution in [0.5, 0.6) is 0 Å². The summed E-state index contributed by atoms with van der Waals surface area (Å²) in [5.74, 6) is 1.93. The maximum absolute atomic E-state index is 2.63. The van der Waals surface area contributed by atoms with Gasteiger partial charge >= 0.3 is 0 Å². The van der Waals surface area contributed by atoms with Gasteiger partial charge in [0, 0.05) is 21.9 Å². The zero-order valence-electron chi connectivity index (χ0n) is 31.9. The fourth-order valence-corrected chi connectivity index (χ4v) is 11.7. The highest BCUT2D eigenvalue weighted by molar-refractivity contribution is 6.22. The van der Waals surface area contributed by atoms with Gasteiger partial charge in [-0.2, -0.15) is 0 Å². The number of rotatable bonds is 4. The summed E-state index contributed by atoms with van der Waals surface area (Å²) in [6, 6.07) is 61.9. The standard InChI is InChI=1S/C54H45N/c1-4-38-31-34(2)30-35(3)54(38)48-24-14-12-18-40(48)41-28-26-36(32-49(41)54)52-44-20-8-10-22-46(44)53(47-23-11-9-21-45(47)52)37-27-29-43-42-19-13-15-25-50(42)55(51(43)33-37)39-16-6-5-7-17-39/h5-29,32-35,38H,4,30-31H2,1-3H3. The number of benzene rings is 8. The molecule has 4 atom stereocenters. The number of nitrogens with zero attached hydrogens (tertiary/aromatic N) is 1. The monoisotopic (exact) mass is 707 g/mol. The molecule has 0 aliphatic heterocycles. The number of aromatic nitrogens is 1. The minimum atomic E-state index is 0.0291. The molecule has 0 saturated heterocycles. The molecule has 0 radical (unpaired) electrons. The van der Waals surface area contributed by atoms with Crippen LogP contribution >= 0.6 is 0 Å². The molecule has 0 bridgehead atoms. The van der Waals surface area contributed by atoms with Gasteiger partial charge in [-0.1, -0.05) is 161 Å². The van der Waals surface area contributed by atoms with Gasteiger partial charge in [-0.05, 0) is 127 Å². The van der Waals surface area contributed by atoms with Crippen molar-refractivity contribution >= 4 is 43.4 Å². The van der Waals surface area contributed by atoms with Crippen molar-refractivity contribution in [2.75, 3.05) is 0 Å². The Morgan fingerprint density at radius 1 is 0.491 bits per heavy atom. The van der Waals surface area contributed by atoms with Crippen molar-refractivity contribution in [3.63, 3.8) is 0 Å². The van der Waals surface area contributed by atoms with Gasteiger partial charge in [0.25, 0.3) is 0 Å². The first-order valence-electron chi connectivity index (χ1n) is 20.3. The van der Waals surface area contributed by atoms with Crippen molar-refractivity contribution in [3.05, 3.63) is 175 Å². The topological polar surface area (TPSA) is 4.93 Å². The van der Waals surface area contributed by atoms with E-state index in [1.165, 1.54) is 102 Å². The zero-order valence-corrected chi connectivity index (χ0v) is 31.9. The average Bonchev–Trinajstić information content (AvgIpc) is 3.71. The summed E-state index contributed by atoms with van der Waals surface area (Å²) in [7, 11) is 0. The van der Waals surface area contributed by atoms with E-state index in [1.54, 1.807) is 11.1 Å². The van der Waals surface area contributed by atoms with Gasteiger partial charge in [-0.25, -0.2) is 0 Å². The molecule has 8 aromatic carbocycles. The molecule has 1 heteroatoms. The lowest BCUT2D eigenvalue weighted by Crippen LogP contribution is -2.45. The fraction of sp³-hybridized carbons (Fsp3) is 0.185. The molecule has 0 amide bonds. The van der Waals surface area contributed by atoms with Crippen LogP contribution in [0.2, 0.25) is 0 Å². The van der Waals surface area contributed by atoms with Crippen LogP contribution in [0.4, 0.5) is 0 Å². The molecule has 2 aliphatic carbocycles. The summed E-state index contributed by atoms with van der Waals surface area (Å²) in [6.45, 7) is 7.45. The molecule has 55 heavy (non-hydrogen) atoms. The predicted molar refractivity (Wildman–Crippen MR) is 234 cm³/mol. The Bertz CT molecular complexity index is 2910. The molecular formula is C54H45N. The van der Waals surface area contributed by atoms with E-state index < -0.39 is 0 Å². The van der Waals surface area contributed by atoms with E-state index in [9.17, 15) is 0 Å². The number of hydrogen-bond acceptors (Lipinski definition) is 0. The van der Waals surface area contributed by atoms with Crippen LogP contribution in [0, 0.1) is 17.8 Å². The first kappa shape index (κ1) is 32.5. The molecule has 1 spiro atoms. The van der Waals surface area contributed by atoms with Crippen LogP contribution in [0.3, 0.4) is 0 Å². The minimum Gasteiger partial charge on any atom is -0.309 e. The van der Waals surface area contributed by atoms with Gasteiger partial charge in [0.15, 0.2) is 0 Å². The van der Waals surface area contributed by atoms with E-state index in [0.717, 1.165) is 5.92 Å². The van der Waals surface area contributed by atoms with E-state index in [4.69, 9.17) is 0 Å². The van der Waals surface area contributed by atoms with E-state index in [1.807, 2.05) is 0 Å². The van der Waals surface area contributed by atoms with Gasteiger partial charge in [0.1, 0.15) is 0 Å². The third-order valence-electron chi connectivity index (χ3n) is 13.7. The Hall–Kier alpha value is -5.92. The molecule has 266 valence electrons. The van der Waals surface area contributed by atoms with E-state index in [2.05, 4.69) is 189 Å². The molecule has 1 fully saturated rings. The summed E-state index contributed by atoms with van der Waals surface area (Å²) < 4.78 is 2.43. The SMILES string of the molecule is CCC1CC(C)CC(C)C12c1ccccc1-c1ccc(-c3c4ccccc4c(-c4ccc5c6ccccc6n(-c6ccccc6)c5c4)c4ccccc34)cc12. The smallest absolute Gasteiger partial charge is 0.0547 e. The lowest BCUT2D eigenvalue weighted by Gasteiger charge is -2.50. The third kappa shape index (κ3) is 4.53. The van der Waals surface area contributed by atoms with Crippen molar-refractivity contribution in [1.82, 2.24) is 4.57 Å². The molecule has 9 aromatic rings. The fourth-order valence-electron chi connectivity index (χ4n) is 11.7. The minimum absolute atomic E-state index is 0.0291. The number of para-hydroxylation sites is 2. The molecule has 2 aliphatic rings. The lowest BCUT2D eigenvalue weighted by molar-refractivity contribution is 0.114. The van der Waals surface area contributed by atoms with Crippen LogP contribution < -0.4 is 0 Å².